The predicted molar refractivity (Wildman–Crippen MR) is 86.6 cm³/mol. The van der Waals surface area contributed by atoms with Crippen LogP contribution in [0.5, 0.6) is 0 Å². The van der Waals surface area contributed by atoms with Crippen LogP contribution in [0.3, 0.4) is 0 Å². The van der Waals surface area contributed by atoms with Crippen molar-refractivity contribution in [1.82, 2.24) is 0 Å². The highest BCUT2D eigenvalue weighted by atomic mass is 16.5. The van der Waals surface area contributed by atoms with Gasteiger partial charge in [0.2, 0.25) is 0 Å². The fourth-order valence-electron chi connectivity index (χ4n) is 5.43. The quantitative estimate of drug-likeness (QED) is 0.551. The Hall–Kier alpha value is -0.160. The van der Waals surface area contributed by atoms with Gasteiger partial charge in [0.25, 0.3) is 0 Å². The molecule has 1 N–H and O–H groups in total. The number of hydrogen-bond donors (Lipinski definition) is 1. The van der Waals surface area contributed by atoms with Crippen molar-refractivity contribution in [2.45, 2.75) is 50.2 Å². The van der Waals surface area contributed by atoms with Crippen molar-refractivity contribution in [3.63, 3.8) is 0 Å². The first-order valence-corrected chi connectivity index (χ1v) is 9.04. The molecule has 4 nitrogen and oxygen atoms in total. The molecule has 0 unspecified atom stereocenters. The maximum Gasteiger partial charge on any atom is 0.126 e. The normalized spacial score (nSPS) is 38.5. The molecule has 4 bridgehead atoms. The second kappa shape index (κ2) is 6.39. The summed E-state index contributed by atoms with van der Waals surface area (Å²) < 4.78 is 12.7. The van der Waals surface area contributed by atoms with Crippen molar-refractivity contribution >= 4 is 0 Å². The monoisotopic (exact) mass is 312 g/mol. The van der Waals surface area contributed by atoms with E-state index in [4.69, 9.17) is 9.47 Å². The molecule has 4 aliphatic carbocycles. The second-order valence-electron chi connectivity index (χ2n) is 9.15. The standard InChI is InChI=1S/C18H34NO3/c1-19(2,3)12-17(20)13-21-4-5-22-18-9-14-6-15(10-18)8-16(7-14)11-18/h14-17,20H,4-13H2,1-3H3/q+1/t14?,15?,16?,17-,18?/m0/s1. The molecule has 0 spiro atoms. The Morgan fingerprint density at radius 3 is 2.05 bits per heavy atom. The van der Waals surface area contributed by atoms with Crippen LogP contribution in [-0.4, -0.2) is 68.8 Å². The number of aliphatic hydroxyl groups excluding tert-OH is 1. The van der Waals surface area contributed by atoms with Gasteiger partial charge < -0.3 is 19.1 Å². The molecule has 0 saturated heterocycles. The van der Waals surface area contributed by atoms with Gasteiger partial charge >= 0.3 is 0 Å². The van der Waals surface area contributed by atoms with Gasteiger partial charge in [-0.05, 0) is 56.3 Å². The largest absolute Gasteiger partial charge is 0.385 e. The molecule has 22 heavy (non-hydrogen) atoms. The first kappa shape index (κ1) is 16.7. The van der Waals surface area contributed by atoms with Crippen LogP contribution in [0.4, 0.5) is 0 Å². The topological polar surface area (TPSA) is 38.7 Å². The maximum atomic E-state index is 9.93. The van der Waals surface area contributed by atoms with Gasteiger partial charge in [-0.2, -0.15) is 0 Å². The van der Waals surface area contributed by atoms with E-state index in [-0.39, 0.29) is 11.7 Å². The number of nitrogens with zero attached hydrogens (tertiary/aromatic N) is 1. The molecular formula is C18H34NO3+. The molecule has 0 aromatic carbocycles. The molecule has 0 aliphatic heterocycles. The fourth-order valence-corrected chi connectivity index (χ4v) is 5.43. The summed E-state index contributed by atoms with van der Waals surface area (Å²) in [5, 5.41) is 9.93. The summed E-state index contributed by atoms with van der Waals surface area (Å²) in [6, 6.07) is 0. The number of likely N-dealkylation sites (N-methyl/N-ethyl adjacent to an activating group) is 1. The third-order valence-corrected chi connectivity index (χ3v) is 5.69. The van der Waals surface area contributed by atoms with Crippen LogP contribution in [0.25, 0.3) is 0 Å². The van der Waals surface area contributed by atoms with E-state index in [1.54, 1.807) is 0 Å². The molecule has 4 saturated carbocycles. The lowest BCUT2D eigenvalue weighted by Crippen LogP contribution is -2.52. The lowest BCUT2D eigenvalue weighted by atomic mass is 9.54. The molecule has 0 aromatic rings. The molecule has 1 atom stereocenters. The molecule has 0 heterocycles. The zero-order valence-corrected chi connectivity index (χ0v) is 14.6. The van der Waals surface area contributed by atoms with Crippen LogP contribution in [0.1, 0.15) is 38.5 Å². The summed E-state index contributed by atoms with van der Waals surface area (Å²) in [6.45, 7) is 2.43. The first-order chi connectivity index (χ1) is 10.3. The maximum absolute atomic E-state index is 9.93. The molecule has 4 fully saturated rings. The van der Waals surface area contributed by atoms with Gasteiger partial charge in [-0.1, -0.05) is 0 Å². The molecule has 0 amide bonds. The minimum atomic E-state index is -0.389. The number of ether oxygens (including phenoxy) is 2. The van der Waals surface area contributed by atoms with E-state index in [2.05, 4.69) is 21.1 Å². The second-order valence-corrected chi connectivity index (χ2v) is 9.15. The predicted octanol–water partition coefficient (Wildman–Crippen LogP) is 2.06. The first-order valence-electron chi connectivity index (χ1n) is 9.04. The van der Waals surface area contributed by atoms with E-state index in [9.17, 15) is 5.11 Å². The number of hydrogen-bond acceptors (Lipinski definition) is 3. The minimum absolute atomic E-state index is 0.180. The van der Waals surface area contributed by atoms with Crippen molar-refractivity contribution < 1.29 is 19.1 Å². The molecule has 4 heteroatoms. The third-order valence-electron chi connectivity index (χ3n) is 5.69. The summed E-state index contributed by atoms with van der Waals surface area (Å²) in [5.74, 6) is 2.79. The van der Waals surface area contributed by atoms with E-state index >= 15 is 0 Å². The smallest absolute Gasteiger partial charge is 0.126 e. The Morgan fingerprint density at radius 1 is 1.00 bits per heavy atom. The zero-order chi connectivity index (χ0) is 15.8. The molecule has 128 valence electrons. The van der Waals surface area contributed by atoms with Crippen molar-refractivity contribution in [2.75, 3.05) is 47.5 Å². The number of rotatable bonds is 8. The van der Waals surface area contributed by atoms with E-state index in [0.717, 1.165) is 28.8 Å². The number of aliphatic hydroxyl groups is 1. The highest BCUT2D eigenvalue weighted by Crippen LogP contribution is 2.57. The molecule has 0 radical (unpaired) electrons. The molecule has 4 aliphatic rings. The van der Waals surface area contributed by atoms with Crippen LogP contribution in [0.15, 0.2) is 0 Å². The van der Waals surface area contributed by atoms with E-state index in [0.29, 0.717) is 19.8 Å². The number of quaternary nitrogens is 1. The Bertz CT molecular complexity index is 342. The van der Waals surface area contributed by atoms with Gasteiger partial charge in [0, 0.05) is 0 Å². The van der Waals surface area contributed by atoms with Crippen LogP contribution < -0.4 is 0 Å². The van der Waals surface area contributed by atoms with E-state index in [1.165, 1.54) is 38.5 Å². The minimum Gasteiger partial charge on any atom is -0.385 e. The SMILES string of the molecule is C[N+](C)(C)C[C@H](O)COCCOC12CC3CC(CC(C3)C1)C2. The van der Waals surface area contributed by atoms with Crippen LogP contribution in [0.2, 0.25) is 0 Å². The Kier molecular flexibility index (Phi) is 4.84. The average molecular weight is 312 g/mol. The summed E-state index contributed by atoms with van der Waals surface area (Å²) in [4.78, 5) is 0. The Balaban J connectivity index is 1.34. The lowest BCUT2D eigenvalue weighted by Gasteiger charge is -2.56. The van der Waals surface area contributed by atoms with Crippen LogP contribution >= 0.6 is 0 Å². The van der Waals surface area contributed by atoms with Gasteiger partial charge in [0.05, 0.1) is 46.6 Å². The van der Waals surface area contributed by atoms with Gasteiger partial charge in [-0.15, -0.1) is 0 Å². The summed E-state index contributed by atoms with van der Waals surface area (Å²) in [7, 11) is 6.25. The molecular weight excluding hydrogens is 278 g/mol. The van der Waals surface area contributed by atoms with Crippen molar-refractivity contribution in [3.05, 3.63) is 0 Å². The molecule has 4 rings (SSSR count). The van der Waals surface area contributed by atoms with Gasteiger partial charge in [-0.25, -0.2) is 0 Å². The Labute approximate surface area is 135 Å². The van der Waals surface area contributed by atoms with Crippen molar-refractivity contribution in [2.24, 2.45) is 17.8 Å². The van der Waals surface area contributed by atoms with Crippen LogP contribution in [0, 0.1) is 17.8 Å². The molecule has 0 aromatic heterocycles. The van der Waals surface area contributed by atoms with Gasteiger partial charge in [0.15, 0.2) is 0 Å². The summed E-state index contributed by atoms with van der Waals surface area (Å²) in [5.41, 5.74) is 0.180. The summed E-state index contributed by atoms with van der Waals surface area (Å²) >= 11 is 0. The van der Waals surface area contributed by atoms with E-state index < -0.39 is 0 Å². The highest BCUT2D eigenvalue weighted by Gasteiger charge is 2.51. The fraction of sp³-hybridized carbons (Fsp3) is 1.00. The average Bonchev–Trinajstić information content (AvgIpc) is 2.34. The zero-order valence-electron chi connectivity index (χ0n) is 14.6. The third kappa shape index (κ3) is 4.22. The van der Waals surface area contributed by atoms with Crippen LogP contribution in [-0.2, 0) is 9.47 Å². The van der Waals surface area contributed by atoms with Crippen molar-refractivity contribution in [3.8, 4) is 0 Å². The van der Waals surface area contributed by atoms with Gasteiger partial charge in [-0.3, -0.25) is 0 Å². The van der Waals surface area contributed by atoms with Gasteiger partial charge in [0.1, 0.15) is 12.6 Å². The Morgan fingerprint density at radius 2 is 1.55 bits per heavy atom. The summed E-state index contributed by atoms with van der Waals surface area (Å²) in [6.07, 6.45) is 7.82. The van der Waals surface area contributed by atoms with E-state index in [1.807, 2.05) is 0 Å². The van der Waals surface area contributed by atoms with Crippen molar-refractivity contribution in [1.29, 1.82) is 0 Å². The lowest BCUT2D eigenvalue weighted by molar-refractivity contribution is -0.873. The highest BCUT2D eigenvalue weighted by molar-refractivity contribution is 5.03.